The summed E-state index contributed by atoms with van der Waals surface area (Å²) in [5, 5.41) is 3.34. The number of piperidine rings is 1. The summed E-state index contributed by atoms with van der Waals surface area (Å²) in [6, 6.07) is 4.06. The Balaban J connectivity index is 2.10. The Hall–Kier alpha value is -1.29. The van der Waals surface area contributed by atoms with Crippen molar-refractivity contribution >= 4 is 5.91 Å². The van der Waals surface area contributed by atoms with Crippen LogP contribution in [-0.4, -0.2) is 36.5 Å². The molecule has 2 rings (SSSR count). The van der Waals surface area contributed by atoms with Gasteiger partial charge in [-0.05, 0) is 44.5 Å². The minimum Gasteiger partial charge on any atom is -0.456 e. The molecule has 19 heavy (non-hydrogen) atoms. The van der Waals surface area contributed by atoms with Gasteiger partial charge in [-0.15, -0.1) is 0 Å². The van der Waals surface area contributed by atoms with E-state index in [1.165, 1.54) is 0 Å². The fourth-order valence-corrected chi connectivity index (χ4v) is 2.63. The number of carbonyl (C=O) groups excluding carboxylic acids is 1. The Labute approximate surface area is 115 Å². The number of hydrogen-bond acceptors (Lipinski definition) is 3. The summed E-state index contributed by atoms with van der Waals surface area (Å²) >= 11 is 0. The zero-order chi connectivity index (χ0) is 13.7. The van der Waals surface area contributed by atoms with Crippen molar-refractivity contribution in [3.63, 3.8) is 0 Å². The van der Waals surface area contributed by atoms with E-state index in [0.29, 0.717) is 11.8 Å². The third-order valence-corrected chi connectivity index (χ3v) is 3.70. The summed E-state index contributed by atoms with van der Waals surface area (Å²) in [5.41, 5.74) is 0. The van der Waals surface area contributed by atoms with Gasteiger partial charge in [0.2, 0.25) is 0 Å². The number of nitrogens with zero attached hydrogens (tertiary/aromatic N) is 1. The Morgan fingerprint density at radius 3 is 2.68 bits per heavy atom. The van der Waals surface area contributed by atoms with Crippen molar-refractivity contribution in [2.45, 2.75) is 45.6 Å². The molecule has 1 aromatic rings. The van der Waals surface area contributed by atoms with Crippen LogP contribution in [0.3, 0.4) is 0 Å². The molecule has 1 saturated heterocycles. The molecular weight excluding hydrogens is 240 g/mol. The highest BCUT2D eigenvalue weighted by atomic mass is 16.4. The second-order valence-electron chi connectivity index (χ2n) is 5.10. The molecule has 1 aliphatic rings. The smallest absolute Gasteiger partial charge is 0.289 e. The van der Waals surface area contributed by atoms with E-state index in [-0.39, 0.29) is 5.91 Å². The van der Waals surface area contributed by atoms with Gasteiger partial charge in [-0.2, -0.15) is 0 Å². The SMILES string of the molecule is CCCN(C(=O)c1ccc(CC)o1)C1CCNCC1. The Morgan fingerprint density at radius 2 is 2.11 bits per heavy atom. The zero-order valence-corrected chi connectivity index (χ0v) is 11.9. The molecule has 0 unspecified atom stereocenters. The van der Waals surface area contributed by atoms with E-state index in [4.69, 9.17) is 4.42 Å². The van der Waals surface area contributed by atoms with Gasteiger partial charge in [-0.1, -0.05) is 13.8 Å². The Bertz CT molecular complexity index is 408. The second-order valence-corrected chi connectivity index (χ2v) is 5.10. The van der Waals surface area contributed by atoms with E-state index in [1.54, 1.807) is 0 Å². The quantitative estimate of drug-likeness (QED) is 0.888. The van der Waals surface area contributed by atoms with Crippen LogP contribution in [0.5, 0.6) is 0 Å². The first kappa shape index (κ1) is 14.1. The lowest BCUT2D eigenvalue weighted by Gasteiger charge is -2.34. The van der Waals surface area contributed by atoms with Gasteiger partial charge in [0.15, 0.2) is 5.76 Å². The Morgan fingerprint density at radius 1 is 1.37 bits per heavy atom. The summed E-state index contributed by atoms with van der Waals surface area (Å²) < 4.78 is 5.61. The van der Waals surface area contributed by atoms with Crippen molar-refractivity contribution < 1.29 is 9.21 Å². The molecule has 106 valence electrons. The highest BCUT2D eigenvalue weighted by Crippen LogP contribution is 2.18. The van der Waals surface area contributed by atoms with Crippen molar-refractivity contribution in [3.05, 3.63) is 23.7 Å². The van der Waals surface area contributed by atoms with Gasteiger partial charge < -0.3 is 14.6 Å². The third kappa shape index (κ3) is 3.38. The van der Waals surface area contributed by atoms with Gasteiger partial charge in [0, 0.05) is 19.0 Å². The van der Waals surface area contributed by atoms with Gasteiger partial charge in [0.25, 0.3) is 5.91 Å². The lowest BCUT2D eigenvalue weighted by Crippen LogP contribution is -2.46. The Kier molecular flexibility index (Phi) is 5.02. The summed E-state index contributed by atoms with van der Waals surface area (Å²) in [6.07, 6.45) is 3.88. The van der Waals surface area contributed by atoms with Crippen LogP contribution in [0.2, 0.25) is 0 Å². The lowest BCUT2D eigenvalue weighted by atomic mass is 10.0. The van der Waals surface area contributed by atoms with Gasteiger partial charge in [0.1, 0.15) is 5.76 Å². The molecule has 1 aromatic heterocycles. The highest BCUT2D eigenvalue weighted by Gasteiger charge is 2.27. The standard InChI is InChI=1S/C15H24N2O2/c1-3-11-17(12-7-9-16-10-8-12)15(18)14-6-5-13(4-2)19-14/h5-6,12,16H,3-4,7-11H2,1-2H3. The van der Waals surface area contributed by atoms with E-state index in [1.807, 2.05) is 24.0 Å². The van der Waals surface area contributed by atoms with Crippen molar-refractivity contribution in [1.29, 1.82) is 0 Å². The van der Waals surface area contributed by atoms with Crippen LogP contribution in [0.25, 0.3) is 0 Å². The minimum absolute atomic E-state index is 0.0495. The lowest BCUT2D eigenvalue weighted by molar-refractivity contribution is 0.0608. The van der Waals surface area contributed by atoms with Crippen LogP contribution < -0.4 is 5.32 Å². The summed E-state index contributed by atoms with van der Waals surface area (Å²) in [6.45, 7) is 6.95. The molecule has 4 heteroatoms. The number of amides is 1. The van der Waals surface area contributed by atoms with Crippen LogP contribution in [0.15, 0.2) is 16.5 Å². The number of aryl methyl sites for hydroxylation is 1. The molecule has 1 fully saturated rings. The van der Waals surface area contributed by atoms with Crippen LogP contribution in [0.4, 0.5) is 0 Å². The molecule has 2 heterocycles. The molecule has 0 aromatic carbocycles. The van der Waals surface area contributed by atoms with E-state index >= 15 is 0 Å². The van der Waals surface area contributed by atoms with E-state index in [0.717, 1.165) is 51.1 Å². The molecule has 0 spiro atoms. The largest absolute Gasteiger partial charge is 0.456 e. The normalized spacial score (nSPS) is 16.5. The number of nitrogens with one attached hydrogen (secondary N) is 1. The van der Waals surface area contributed by atoms with E-state index in [9.17, 15) is 4.79 Å². The fourth-order valence-electron chi connectivity index (χ4n) is 2.63. The van der Waals surface area contributed by atoms with Crippen LogP contribution >= 0.6 is 0 Å². The van der Waals surface area contributed by atoms with Gasteiger partial charge in [-0.25, -0.2) is 0 Å². The molecule has 1 amide bonds. The molecule has 4 nitrogen and oxygen atoms in total. The number of hydrogen-bond donors (Lipinski definition) is 1. The first-order valence-corrected chi connectivity index (χ1v) is 7.36. The average molecular weight is 264 g/mol. The van der Waals surface area contributed by atoms with Crippen LogP contribution in [0.1, 0.15) is 49.4 Å². The highest BCUT2D eigenvalue weighted by molar-refractivity contribution is 5.91. The molecular formula is C15H24N2O2. The molecule has 0 radical (unpaired) electrons. The molecule has 0 saturated carbocycles. The first-order chi connectivity index (χ1) is 9.26. The maximum absolute atomic E-state index is 12.6. The van der Waals surface area contributed by atoms with Gasteiger partial charge >= 0.3 is 0 Å². The predicted molar refractivity (Wildman–Crippen MR) is 75.3 cm³/mol. The fraction of sp³-hybridized carbons (Fsp3) is 0.667. The maximum atomic E-state index is 12.6. The zero-order valence-electron chi connectivity index (χ0n) is 11.9. The van der Waals surface area contributed by atoms with E-state index in [2.05, 4.69) is 12.2 Å². The molecule has 1 N–H and O–H groups in total. The first-order valence-electron chi connectivity index (χ1n) is 7.36. The van der Waals surface area contributed by atoms with Crippen LogP contribution in [-0.2, 0) is 6.42 Å². The molecule has 0 aliphatic carbocycles. The number of carbonyl (C=O) groups is 1. The van der Waals surface area contributed by atoms with Gasteiger partial charge in [-0.3, -0.25) is 4.79 Å². The van der Waals surface area contributed by atoms with Crippen molar-refractivity contribution in [3.8, 4) is 0 Å². The van der Waals surface area contributed by atoms with Crippen molar-refractivity contribution in [2.75, 3.05) is 19.6 Å². The molecule has 1 aliphatic heterocycles. The number of rotatable bonds is 5. The minimum atomic E-state index is 0.0495. The second kappa shape index (κ2) is 6.75. The monoisotopic (exact) mass is 264 g/mol. The third-order valence-electron chi connectivity index (χ3n) is 3.70. The summed E-state index contributed by atoms with van der Waals surface area (Å²) in [7, 11) is 0. The van der Waals surface area contributed by atoms with Crippen LogP contribution in [0, 0.1) is 0 Å². The van der Waals surface area contributed by atoms with Gasteiger partial charge in [0.05, 0.1) is 0 Å². The predicted octanol–water partition coefficient (Wildman–Crippen LogP) is 2.45. The summed E-state index contributed by atoms with van der Waals surface area (Å²) in [4.78, 5) is 14.6. The average Bonchev–Trinajstić information content (AvgIpc) is 2.94. The molecule has 0 bridgehead atoms. The summed E-state index contributed by atoms with van der Waals surface area (Å²) in [5.74, 6) is 1.42. The van der Waals surface area contributed by atoms with Crippen molar-refractivity contribution in [1.82, 2.24) is 10.2 Å². The van der Waals surface area contributed by atoms with Crippen molar-refractivity contribution in [2.24, 2.45) is 0 Å². The van der Waals surface area contributed by atoms with E-state index < -0.39 is 0 Å². The maximum Gasteiger partial charge on any atom is 0.289 e. The number of furan rings is 1. The topological polar surface area (TPSA) is 45.5 Å². The molecule has 0 atom stereocenters.